The maximum atomic E-state index is 12.9. The van der Waals surface area contributed by atoms with Crippen molar-refractivity contribution in [3.05, 3.63) is 29.8 Å². The molecule has 186 valence electrons. The lowest BCUT2D eigenvalue weighted by Crippen LogP contribution is -2.46. The fourth-order valence-electron chi connectivity index (χ4n) is 4.39. The highest BCUT2D eigenvalue weighted by atomic mass is 32.2. The molecule has 1 heterocycles. The van der Waals surface area contributed by atoms with Gasteiger partial charge in [-0.2, -0.15) is 4.31 Å². The van der Waals surface area contributed by atoms with Gasteiger partial charge in [0.1, 0.15) is 0 Å². The van der Waals surface area contributed by atoms with E-state index in [9.17, 15) is 18.0 Å². The zero-order chi connectivity index (χ0) is 24.8. The highest BCUT2D eigenvalue weighted by molar-refractivity contribution is 7.89. The lowest BCUT2D eigenvalue weighted by atomic mass is 9.91. The summed E-state index contributed by atoms with van der Waals surface area (Å²) in [5.41, 5.74) is 0.447. The van der Waals surface area contributed by atoms with E-state index in [-0.39, 0.29) is 28.0 Å². The van der Waals surface area contributed by atoms with Gasteiger partial charge in [0.25, 0.3) is 5.91 Å². The van der Waals surface area contributed by atoms with Crippen molar-refractivity contribution in [1.82, 2.24) is 19.4 Å². The van der Waals surface area contributed by atoms with Crippen molar-refractivity contribution in [3.63, 3.8) is 0 Å². The minimum Gasteiger partial charge on any atom is -0.355 e. The third-order valence-corrected chi connectivity index (χ3v) is 8.15. The van der Waals surface area contributed by atoms with E-state index in [1.165, 1.54) is 16.4 Å². The summed E-state index contributed by atoms with van der Waals surface area (Å²) in [4.78, 5) is 29.6. The number of hydrogen-bond donors (Lipinski definition) is 1. The van der Waals surface area contributed by atoms with E-state index in [0.717, 1.165) is 6.54 Å². The number of amides is 2. The largest absolute Gasteiger partial charge is 0.355 e. The summed E-state index contributed by atoms with van der Waals surface area (Å²) in [5, 5.41) is 3.08. The lowest BCUT2D eigenvalue weighted by molar-refractivity contribution is -0.126. The number of carbonyl (C=O) groups is 2. The Labute approximate surface area is 199 Å². The monoisotopic (exact) mass is 480 g/mol. The second kappa shape index (κ2) is 11.4. The minimum atomic E-state index is -3.55. The summed E-state index contributed by atoms with van der Waals surface area (Å²) in [6.07, 6.45) is 1.25. The van der Waals surface area contributed by atoms with Crippen LogP contribution in [0, 0.1) is 11.3 Å². The normalized spacial score (nSPS) is 15.8. The fourth-order valence-corrected chi connectivity index (χ4v) is 5.85. The standard InChI is InChI=1S/C24H40N4O4S/c1-7-28(8-2)33(31,32)21-11-9-20(10-12-21)23(30)27-15-13-19(14-16-27)22(29)25-17-24(3,4)18-26(5)6/h9-12,19H,7-8,13-18H2,1-6H3,(H,25,29). The maximum absolute atomic E-state index is 12.9. The molecule has 1 aliphatic rings. The van der Waals surface area contributed by atoms with E-state index in [0.29, 0.717) is 51.1 Å². The number of carbonyl (C=O) groups excluding carboxylic acids is 2. The van der Waals surface area contributed by atoms with Crippen LogP contribution < -0.4 is 5.32 Å². The number of nitrogens with zero attached hydrogens (tertiary/aromatic N) is 3. The van der Waals surface area contributed by atoms with Crippen LogP contribution in [0.15, 0.2) is 29.2 Å². The molecular formula is C24H40N4O4S. The second-order valence-corrected chi connectivity index (χ2v) is 11.7. The maximum Gasteiger partial charge on any atom is 0.253 e. The van der Waals surface area contributed by atoms with Gasteiger partial charge >= 0.3 is 0 Å². The number of likely N-dealkylation sites (tertiary alicyclic amines) is 1. The SMILES string of the molecule is CCN(CC)S(=O)(=O)c1ccc(C(=O)N2CCC(C(=O)NCC(C)(C)CN(C)C)CC2)cc1. The summed E-state index contributed by atoms with van der Waals surface area (Å²) < 4.78 is 26.7. The van der Waals surface area contributed by atoms with Gasteiger partial charge in [0, 0.05) is 50.7 Å². The van der Waals surface area contributed by atoms with Gasteiger partial charge in [0.15, 0.2) is 0 Å². The minimum absolute atomic E-state index is 0.0131. The van der Waals surface area contributed by atoms with E-state index in [1.54, 1.807) is 30.9 Å². The molecular weight excluding hydrogens is 440 g/mol. The quantitative estimate of drug-likeness (QED) is 0.555. The van der Waals surface area contributed by atoms with E-state index < -0.39 is 10.0 Å². The lowest BCUT2D eigenvalue weighted by Gasteiger charge is -2.33. The van der Waals surface area contributed by atoms with E-state index in [1.807, 2.05) is 14.1 Å². The number of rotatable bonds is 10. The molecule has 0 atom stereocenters. The molecule has 2 amide bonds. The van der Waals surface area contributed by atoms with Crippen LogP contribution in [0.2, 0.25) is 0 Å². The molecule has 1 aliphatic heterocycles. The summed E-state index contributed by atoms with van der Waals surface area (Å²) in [6, 6.07) is 6.14. The van der Waals surface area contributed by atoms with Crippen molar-refractivity contribution in [1.29, 1.82) is 0 Å². The second-order valence-electron chi connectivity index (χ2n) is 9.80. The van der Waals surface area contributed by atoms with Crippen molar-refractivity contribution in [2.24, 2.45) is 11.3 Å². The third kappa shape index (κ3) is 7.25. The van der Waals surface area contributed by atoms with Gasteiger partial charge < -0.3 is 15.1 Å². The van der Waals surface area contributed by atoms with Crippen LogP contribution in [0.3, 0.4) is 0 Å². The Morgan fingerprint density at radius 1 is 1.06 bits per heavy atom. The van der Waals surface area contributed by atoms with Gasteiger partial charge in [0.2, 0.25) is 15.9 Å². The highest BCUT2D eigenvalue weighted by Gasteiger charge is 2.29. The Morgan fingerprint density at radius 2 is 1.61 bits per heavy atom. The Balaban J connectivity index is 1.92. The molecule has 9 heteroatoms. The number of hydrogen-bond acceptors (Lipinski definition) is 5. The molecule has 0 radical (unpaired) electrons. The molecule has 8 nitrogen and oxygen atoms in total. The first-order chi connectivity index (χ1) is 15.4. The van der Waals surface area contributed by atoms with Gasteiger partial charge in [0.05, 0.1) is 4.90 Å². The van der Waals surface area contributed by atoms with Gasteiger partial charge in [-0.15, -0.1) is 0 Å². The Kier molecular flexibility index (Phi) is 9.46. The molecule has 1 aromatic carbocycles. The fraction of sp³-hybridized carbons (Fsp3) is 0.667. The molecule has 1 saturated heterocycles. The van der Waals surface area contributed by atoms with Crippen LogP contribution >= 0.6 is 0 Å². The molecule has 1 aromatic rings. The average molecular weight is 481 g/mol. The number of nitrogens with one attached hydrogen (secondary N) is 1. The van der Waals surface area contributed by atoms with Crippen LogP contribution in [-0.4, -0.2) is 87.7 Å². The third-order valence-electron chi connectivity index (χ3n) is 6.08. The first-order valence-corrected chi connectivity index (χ1v) is 13.2. The summed E-state index contributed by atoms with van der Waals surface area (Å²) >= 11 is 0. The smallest absolute Gasteiger partial charge is 0.253 e. The number of piperidine rings is 1. The van der Waals surface area contributed by atoms with Crippen LogP contribution in [-0.2, 0) is 14.8 Å². The summed E-state index contributed by atoms with van der Waals surface area (Å²) in [6.45, 7) is 11.2. The zero-order valence-electron chi connectivity index (χ0n) is 20.9. The van der Waals surface area contributed by atoms with Crippen LogP contribution in [0.4, 0.5) is 0 Å². The van der Waals surface area contributed by atoms with Gasteiger partial charge in [-0.3, -0.25) is 9.59 Å². The van der Waals surface area contributed by atoms with E-state index >= 15 is 0 Å². The van der Waals surface area contributed by atoms with Crippen molar-refractivity contribution >= 4 is 21.8 Å². The van der Waals surface area contributed by atoms with Gasteiger partial charge in [-0.1, -0.05) is 27.7 Å². The summed E-state index contributed by atoms with van der Waals surface area (Å²) in [7, 11) is 0.496. The topological polar surface area (TPSA) is 90.0 Å². The Bertz CT molecular complexity index is 901. The molecule has 0 saturated carbocycles. The molecule has 0 bridgehead atoms. The highest BCUT2D eigenvalue weighted by Crippen LogP contribution is 2.22. The van der Waals surface area contributed by atoms with Crippen LogP contribution in [0.5, 0.6) is 0 Å². The average Bonchev–Trinajstić information content (AvgIpc) is 2.77. The van der Waals surface area contributed by atoms with E-state index in [2.05, 4.69) is 24.1 Å². The molecule has 33 heavy (non-hydrogen) atoms. The Hall–Kier alpha value is -1.97. The van der Waals surface area contributed by atoms with Crippen molar-refractivity contribution in [3.8, 4) is 0 Å². The molecule has 1 fully saturated rings. The molecule has 0 spiro atoms. The van der Waals surface area contributed by atoms with Gasteiger partial charge in [-0.25, -0.2) is 8.42 Å². The molecule has 0 aliphatic carbocycles. The van der Waals surface area contributed by atoms with Crippen LogP contribution in [0.25, 0.3) is 0 Å². The molecule has 2 rings (SSSR count). The predicted octanol–water partition coefficient (Wildman–Crippen LogP) is 2.27. The zero-order valence-corrected chi connectivity index (χ0v) is 21.7. The summed E-state index contributed by atoms with van der Waals surface area (Å²) in [5.74, 6) is -0.168. The number of benzene rings is 1. The molecule has 1 N–H and O–H groups in total. The number of sulfonamides is 1. The van der Waals surface area contributed by atoms with Crippen molar-refractivity contribution in [2.45, 2.75) is 45.4 Å². The predicted molar refractivity (Wildman–Crippen MR) is 131 cm³/mol. The first kappa shape index (κ1) is 27.3. The molecule has 0 aromatic heterocycles. The van der Waals surface area contributed by atoms with Gasteiger partial charge in [-0.05, 0) is 56.6 Å². The van der Waals surface area contributed by atoms with Crippen LogP contribution in [0.1, 0.15) is 50.9 Å². The molecule has 0 unspecified atom stereocenters. The Morgan fingerprint density at radius 3 is 2.09 bits per heavy atom. The van der Waals surface area contributed by atoms with E-state index in [4.69, 9.17) is 0 Å². The first-order valence-electron chi connectivity index (χ1n) is 11.7. The van der Waals surface area contributed by atoms with Crippen molar-refractivity contribution < 1.29 is 18.0 Å². The van der Waals surface area contributed by atoms with Crippen molar-refractivity contribution in [2.75, 3.05) is 53.4 Å².